The van der Waals surface area contributed by atoms with Crippen LogP contribution in [0.1, 0.15) is 40.1 Å². The molecule has 0 aliphatic rings. The maximum Gasteiger partial charge on any atom is 0.335 e. The molecule has 1 amide bonds. The Morgan fingerprint density at radius 1 is 1.19 bits per heavy atom. The van der Waals surface area contributed by atoms with E-state index in [1.165, 1.54) is 18.3 Å². The normalized spacial score (nSPS) is 11.4. The average molecular weight is 382 g/mol. The lowest BCUT2D eigenvalue weighted by molar-refractivity contribution is 0.0696. The second kappa shape index (κ2) is 8.05. The van der Waals surface area contributed by atoms with Gasteiger partial charge in [-0.2, -0.15) is 5.10 Å². The van der Waals surface area contributed by atoms with Crippen LogP contribution in [0.25, 0.3) is 11.0 Å². The van der Waals surface area contributed by atoms with E-state index in [4.69, 9.17) is 5.11 Å². The maximum absolute atomic E-state index is 12.3. The van der Waals surface area contributed by atoms with E-state index in [0.29, 0.717) is 16.4 Å². The van der Waals surface area contributed by atoms with Crippen molar-refractivity contribution in [3.05, 3.63) is 59.2 Å². The van der Waals surface area contributed by atoms with E-state index in [9.17, 15) is 9.59 Å². The topological polar surface area (TPSA) is 107 Å². The number of H-pyrrole nitrogens is 1. The molecule has 0 spiro atoms. The molecule has 8 heteroatoms. The third kappa shape index (κ3) is 4.73. The first-order valence-electron chi connectivity index (χ1n) is 8.25. The van der Waals surface area contributed by atoms with Crippen molar-refractivity contribution in [2.75, 3.05) is 0 Å². The summed E-state index contributed by atoms with van der Waals surface area (Å²) in [5.74, 6) is -1.33. The van der Waals surface area contributed by atoms with E-state index in [1.807, 2.05) is 0 Å². The molecule has 1 aromatic heterocycles. The van der Waals surface area contributed by atoms with Gasteiger partial charge in [0.05, 0.1) is 22.8 Å². The minimum atomic E-state index is -0.990. The number of amides is 1. The summed E-state index contributed by atoms with van der Waals surface area (Å²) in [6.45, 7) is 4.17. The number of nitrogens with one attached hydrogen (secondary N) is 2. The van der Waals surface area contributed by atoms with Gasteiger partial charge < -0.3 is 10.1 Å². The van der Waals surface area contributed by atoms with Gasteiger partial charge in [-0.25, -0.2) is 15.2 Å². The highest BCUT2D eigenvalue weighted by Gasteiger charge is 2.09. The number of imidazole rings is 1. The summed E-state index contributed by atoms with van der Waals surface area (Å²) in [5, 5.41) is 14.0. The number of aromatic amines is 1. The van der Waals surface area contributed by atoms with Crippen LogP contribution in [0.3, 0.4) is 0 Å². The van der Waals surface area contributed by atoms with E-state index >= 15 is 0 Å². The van der Waals surface area contributed by atoms with Crippen molar-refractivity contribution in [3.8, 4) is 0 Å². The molecule has 1 heterocycles. The summed E-state index contributed by atoms with van der Waals surface area (Å²) >= 11 is 1.63. The summed E-state index contributed by atoms with van der Waals surface area (Å²) in [6.07, 6.45) is 1.45. The molecule has 0 aliphatic carbocycles. The van der Waals surface area contributed by atoms with Crippen molar-refractivity contribution < 1.29 is 14.7 Å². The summed E-state index contributed by atoms with van der Waals surface area (Å²) in [7, 11) is 0. The molecule has 7 nitrogen and oxygen atoms in total. The molecular weight excluding hydrogens is 364 g/mol. The number of benzene rings is 2. The number of hydrazone groups is 1. The number of hydrogen-bond donors (Lipinski definition) is 3. The number of carbonyl (C=O) groups excluding carboxylic acids is 1. The summed E-state index contributed by atoms with van der Waals surface area (Å²) < 4.78 is 0. The quantitative estimate of drug-likeness (QED) is 0.343. The third-order valence-corrected chi connectivity index (χ3v) is 4.50. The molecule has 0 unspecified atom stereocenters. The number of thioether (sulfide) groups is 1. The highest BCUT2D eigenvalue weighted by atomic mass is 32.2. The molecular formula is C19H18N4O3S. The van der Waals surface area contributed by atoms with Gasteiger partial charge in [0.25, 0.3) is 5.91 Å². The lowest BCUT2D eigenvalue weighted by atomic mass is 10.1. The van der Waals surface area contributed by atoms with Gasteiger partial charge in [-0.05, 0) is 35.9 Å². The Balaban J connectivity index is 1.67. The van der Waals surface area contributed by atoms with Gasteiger partial charge >= 0.3 is 5.97 Å². The Labute approximate surface area is 159 Å². The Bertz CT molecular complexity index is 1010. The van der Waals surface area contributed by atoms with Gasteiger partial charge in [0, 0.05) is 10.8 Å². The molecule has 0 saturated heterocycles. The highest BCUT2D eigenvalue weighted by Crippen LogP contribution is 2.23. The molecule has 3 aromatic rings. The zero-order valence-corrected chi connectivity index (χ0v) is 15.6. The summed E-state index contributed by atoms with van der Waals surface area (Å²) in [4.78, 5) is 30.8. The fourth-order valence-corrected chi connectivity index (χ4v) is 3.11. The van der Waals surface area contributed by atoms with Gasteiger partial charge in [0.2, 0.25) is 0 Å². The average Bonchev–Trinajstić information content (AvgIpc) is 3.02. The smallest absolute Gasteiger partial charge is 0.335 e. The van der Waals surface area contributed by atoms with Crippen LogP contribution in [0.4, 0.5) is 0 Å². The Kier molecular flexibility index (Phi) is 5.56. The van der Waals surface area contributed by atoms with Crippen molar-refractivity contribution in [1.82, 2.24) is 15.4 Å². The SMILES string of the molecule is CC(C)Sc1nc2ccc(C(=O)N/N=C\c3ccc(C(=O)O)cc3)cc2[nH]1. The Morgan fingerprint density at radius 2 is 1.89 bits per heavy atom. The lowest BCUT2D eigenvalue weighted by Crippen LogP contribution is -2.17. The van der Waals surface area contributed by atoms with Crippen LogP contribution >= 0.6 is 11.8 Å². The molecule has 3 rings (SSSR count). The Hall–Kier alpha value is -3.13. The highest BCUT2D eigenvalue weighted by molar-refractivity contribution is 7.99. The maximum atomic E-state index is 12.3. The van der Waals surface area contributed by atoms with E-state index in [1.54, 1.807) is 42.1 Å². The largest absolute Gasteiger partial charge is 0.478 e. The van der Waals surface area contributed by atoms with Crippen LogP contribution in [0.5, 0.6) is 0 Å². The number of nitrogens with zero attached hydrogens (tertiary/aromatic N) is 2. The van der Waals surface area contributed by atoms with Crippen LogP contribution < -0.4 is 5.43 Å². The second-order valence-corrected chi connectivity index (χ2v) is 7.63. The number of aromatic carboxylic acids is 1. The Morgan fingerprint density at radius 3 is 2.56 bits per heavy atom. The molecule has 27 heavy (non-hydrogen) atoms. The number of carboxylic acid groups (broad SMARTS) is 1. The predicted molar refractivity (Wildman–Crippen MR) is 106 cm³/mol. The van der Waals surface area contributed by atoms with Crippen molar-refractivity contribution >= 4 is 40.9 Å². The van der Waals surface area contributed by atoms with Crippen LogP contribution in [0.2, 0.25) is 0 Å². The van der Waals surface area contributed by atoms with E-state index in [-0.39, 0.29) is 11.5 Å². The molecule has 3 N–H and O–H groups in total. The molecule has 0 radical (unpaired) electrons. The number of hydrogen-bond acceptors (Lipinski definition) is 5. The molecule has 0 bridgehead atoms. The predicted octanol–water partition coefficient (Wildman–Crippen LogP) is 3.53. The van der Waals surface area contributed by atoms with Gasteiger partial charge in [-0.15, -0.1) is 0 Å². The molecule has 138 valence electrons. The number of rotatable bonds is 6. The molecule has 0 fully saturated rings. The third-order valence-electron chi connectivity index (χ3n) is 3.61. The van der Waals surface area contributed by atoms with Crippen molar-refractivity contribution in [1.29, 1.82) is 0 Å². The van der Waals surface area contributed by atoms with Gasteiger partial charge in [0.1, 0.15) is 0 Å². The number of carboxylic acids is 1. The fourth-order valence-electron chi connectivity index (χ4n) is 2.35. The minimum absolute atomic E-state index is 0.194. The van der Waals surface area contributed by atoms with E-state index in [0.717, 1.165) is 16.2 Å². The zero-order chi connectivity index (χ0) is 19.4. The number of carbonyl (C=O) groups is 2. The molecule has 2 aromatic carbocycles. The first-order chi connectivity index (χ1) is 12.9. The van der Waals surface area contributed by atoms with E-state index < -0.39 is 5.97 Å². The first-order valence-corrected chi connectivity index (χ1v) is 9.13. The van der Waals surface area contributed by atoms with Crippen LogP contribution in [0, 0.1) is 0 Å². The standard InChI is InChI=1S/C19H18N4O3S/c1-11(2)27-19-21-15-8-7-14(9-16(15)22-19)17(24)23-20-10-12-3-5-13(6-4-12)18(25)26/h3-11H,1-2H3,(H,21,22)(H,23,24)(H,25,26)/b20-10-. The second-order valence-electron chi connectivity index (χ2n) is 6.07. The van der Waals surface area contributed by atoms with Gasteiger partial charge in [-0.1, -0.05) is 37.7 Å². The van der Waals surface area contributed by atoms with Crippen molar-refractivity contribution in [2.24, 2.45) is 5.10 Å². The minimum Gasteiger partial charge on any atom is -0.478 e. The number of fused-ring (bicyclic) bond motifs is 1. The van der Waals surface area contributed by atoms with Gasteiger partial charge in [0.15, 0.2) is 5.16 Å². The van der Waals surface area contributed by atoms with Gasteiger partial charge in [-0.3, -0.25) is 4.79 Å². The number of aromatic nitrogens is 2. The van der Waals surface area contributed by atoms with Crippen LogP contribution in [-0.2, 0) is 0 Å². The molecule has 0 atom stereocenters. The van der Waals surface area contributed by atoms with Crippen LogP contribution in [-0.4, -0.2) is 38.4 Å². The molecule has 0 aliphatic heterocycles. The van der Waals surface area contributed by atoms with Crippen LogP contribution in [0.15, 0.2) is 52.7 Å². The molecule has 0 saturated carbocycles. The van der Waals surface area contributed by atoms with Crippen molar-refractivity contribution in [2.45, 2.75) is 24.3 Å². The fraction of sp³-hybridized carbons (Fsp3) is 0.158. The first kappa shape index (κ1) is 18.7. The lowest BCUT2D eigenvalue weighted by Gasteiger charge is -2.00. The van der Waals surface area contributed by atoms with E-state index in [2.05, 4.69) is 34.3 Å². The van der Waals surface area contributed by atoms with Crippen molar-refractivity contribution in [3.63, 3.8) is 0 Å². The summed E-state index contributed by atoms with van der Waals surface area (Å²) in [5.41, 5.74) is 5.39. The monoisotopic (exact) mass is 382 g/mol. The zero-order valence-electron chi connectivity index (χ0n) is 14.8. The summed E-state index contributed by atoms with van der Waals surface area (Å²) in [6, 6.07) is 11.4.